The van der Waals surface area contributed by atoms with Crippen LogP contribution in [0.2, 0.25) is 0 Å². The molecule has 0 N–H and O–H groups in total. The lowest BCUT2D eigenvalue weighted by Crippen LogP contribution is -2.14. The molecule has 670 valence electrons. The predicted octanol–water partition coefficient (Wildman–Crippen LogP) is 35.4. The molecule has 0 fully saturated rings. The summed E-state index contributed by atoms with van der Waals surface area (Å²) in [6.07, 6.45) is 11.5. The van der Waals surface area contributed by atoms with E-state index in [0.717, 1.165) is 133 Å². The number of benzene rings is 18. The van der Waals surface area contributed by atoms with Gasteiger partial charge in [0, 0.05) is 153 Å². The number of rotatable bonds is 10. The summed E-state index contributed by atoms with van der Waals surface area (Å²) in [6, 6.07) is 156. The van der Waals surface area contributed by atoms with Gasteiger partial charge in [0.05, 0.1) is 78.6 Å². The maximum atomic E-state index is 6.10. The summed E-state index contributed by atoms with van der Waals surface area (Å²) in [7, 11) is 0. The molecule has 0 amide bonds. The van der Waals surface area contributed by atoms with E-state index in [9.17, 15) is 0 Å². The van der Waals surface area contributed by atoms with Gasteiger partial charge in [0.15, 0.2) is 0 Å². The highest BCUT2D eigenvalue weighted by molar-refractivity contribution is 7.26. The van der Waals surface area contributed by atoms with Gasteiger partial charge in [-0.15, -0.1) is 22.7 Å². The SMILES string of the molecule is CC1(C)c2ccc(-c3ccc4oc5ccccc5c4c3)cc2-c2cc(-n3c4ccccc4c4ccccc43)ccc21.c1ccc2c(c1)sc1ccc(-c3ccc(-c4cc(-n5c6ccccc6c6ccncc65)cc(-n5c6ccccc6c6ccncc65)c4)cc3)cc12.c1ccc2c(c1)sc1ccc(-c3ccc(-c4cc(-n5c6ccccc6c6ncccc65)cc(-n5c6ccccc6c6ncccc65)c4)cc3)cc12. The molecule has 0 unspecified atom stereocenters. The third-order valence-corrected chi connectivity index (χ3v) is 32.0. The fourth-order valence-corrected chi connectivity index (χ4v) is 25.2. The normalized spacial score (nSPS) is 12.5. The third kappa shape index (κ3) is 13.1. The van der Waals surface area contributed by atoms with Crippen LogP contribution >= 0.6 is 22.7 Å². The van der Waals surface area contributed by atoms with E-state index in [1.54, 1.807) is 0 Å². The minimum Gasteiger partial charge on any atom is -0.456 e. The number of thiophene rings is 2. The Morgan fingerprint density at radius 3 is 0.986 bits per heavy atom. The number of para-hydroxylation sites is 7. The van der Waals surface area contributed by atoms with Crippen molar-refractivity contribution in [1.82, 2.24) is 42.8 Å². The maximum absolute atomic E-state index is 6.10. The number of hydrogen-bond acceptors (Lipinski definition) is 7. The van der Waals surface area contributed by atoms with E-state index in [1.165, 1.54) is 145 Å². The van der Waals surface area contributed by atoms with Crippen LogP contribution in [-0.2, 0) is 5.41 Å². The van der Waals surface area contributed by atoms with Gasteiger partial charge in [-0.05, 0) is 260 Å². The van der Waals surface area contributed by atoms with Crippen molar-refractivity contribution in [3.63, 3.8) is 0 Å². The first-order chi connectivity index (χ1) is 70.6. The Labute approximate surface area is 828 Å². The summed E-state index contributed by atoms with van der Waals surface area (Å²) in [4.78, 5) is 18.8. The Bertz CT molecular complexity index is 9560. The van der Waals surface area contributed by atoms with Crippen LogP contribution in [0.3, 0.4) is 0 Å². The lowest BCUT2D eigenvalue weighted by molar-refractivity contribution is 0.660. The van der Waals surface area contributed by atoms with Gasteiger partial charge < -0.3 is 27.3 Å². The van der Waals surface area contributed by atoms with Crippen LogP contribution < -0.4 is 0 Å². The van der Waals surface area contributed by atoms with E-state index < -0.39 is 0 Å². The number of aromatic nitrogens is 9. The molecule has 0 atom stereocenters. The van der Waals surface area contributed by atoms with Crippen LogP contribution in [-0.4, -0.2) is 42.8 Å². The van der Waals surface area contributed by atoms with Gasteiger partial charge in [0.25, 0.3) is 0 Å². The molecule has 1 aliphatic rings. The molecule has 18 aromatic carbocycles. The average molecular weight is 1860 g/mol. The third-order valence-electron chi connectivity index (χ3n) is 29.7. The van der Waals surface area contributed by atoms with Crippen LogP contribution in [0, 0.1) is 0 Å². The molecular formula is C131H83N9OS2. The second-order valence-electron chi connectivity index (χ2n) is 38.0. The minimum atomic E-state index is -0.0622. The number of nitrogens with zero attached hydrogens (tertiary/aromatic N) is 9. The summed E-state index contributed by atoms with van der Waals surface area (Å²) in [6.45, 7) is 4.70. The summed E-state index contributed by atoms with van der Waals surface area (Å²) >= 11 is 3.71. The van der Waals surface area contributed by atoms with Gasteiger partial charge in [-0.25, -0.2) is 0 Å². The second kappa shape index (κ2) is 32.5. The van der Waals surface area contributed by atoms with Crippen molar-refractivity contribution >= 4 is 194 Å². The highest BCUT2D eigenvalue weighted by atomic mass is 32.1. The number of fused-ring (bicyclic) bond motifs is 27. The van der Waals surface area contributed by atoms with Crippen molar-refractivity contribution in [1.29, 1.82) is 0 Å². The molecule has 0 saturated carbocycles. The highest BCUT2D eigenvalue weighted by Crippen LogP contribution is 2.53. The van der Waals surface area contributed by atoms with Crippen LogP contribution in [0.5, 0.6) is 0 Å². The minimum absolute atomic E-state index is 0.0622. The molecule has 30 aromatic rings. The number of hydrogen-bond donors (Lipinski definition) is 0. The van der Waals surface area contributed by atoms with Crippen molar-refractivity contribution < 1.29 is 4.42 Å². The molecule has 12 heteroatoms. The molecule has 0 saturated heterocycles. The Morgan fingerprint density at radius 1 is 0.203 bits per heavy atom. The monoisotopic (exact) mass is 1860 g/mol. The molecule has 31 rings (SSSR count). The van der Waals surface area contributed by atoms with Crippen molar-refractivity contribution in [2.75, 3.05) is 0 Å². The predicted molar refractivity (Wildman–Crippen MR) is 600 cm³/mol. The molecule has 0 radical (unpaired) electrons. The van der Waals surface area contributed by atoms with Crippen molar-refractivity contribution in [2.24, 2.45) is 0 Å². The molecule has 10 nitrogen and oxygen atoms in total. The lowest BCUT2D eigenvalue weighted by Gasteiger charge is -2.22. The van der Waals surface area contributed by atoms with E-state index in [-0.39, 0.29) is 5.41 Å². The summed E-state index contributed by atoms with van der Waals surface area (Å²) in [5, 5.41) is 17.2. The fourth-order valence-electron chi connectivity index (χ4n) is 23.1. The van der Waals surface area contributed by atoms with Crippen LogP contribution in [0.15, 0.2) is 472 Å². The average Bonchev–Trinajstić information content (AvgIpc) is 1.57. The Balaban J connectivity index is 0.000000103. The van der Waals surface area contributed by atoms with Crippen LogP contribution in [0.4, 0.5) is 0 Å². The van der Waals surface area contributed by atoms with Gasteiger partial charge in [0.1, 0.15) is 11.2 Å². The molecule has 12 aromatic heterocycles. The molecule has 1 aliphatic carbocycles. The fraction of sp³-hybridized carbons (Fsp3) is 0.0229. The van der Waals surface area contributed by atoms with Crippen LogP contribution in [0.25, 0.3) is 267 Å². The highest BCUT2D eigenvalue weighted by Gasteiger charge is 2.37. The van der Waals surface area contributed by atoms with E-state index in [2.05, 4.69) is 453 Å². The van der Waals surface area contributed by atoms with E-state index >= 15 is 0 Å². The Hall–Kier alpha value is -18.2. The van der Waals surface area contributed by atoms with Crippen molar-refractivity contribution in [3.8, 4) is 95.2 Å². The molecular weight excluding hydrogens is 1780 g/mol. The topological polar surface area (TPSA) is 89.4 Å². The van der Waals surface area contributed by atoms with Gasteiger partial charge in [0.2, 0.25) is 0 Å². The summed E-state index contributed by atoms with van der Waals surface area (Å²) in [5.74, 6) is 0. The Morgan fingerprint density at radius 2 is 0.517 bits per heavy atom. The molecule has 12 heterocycles. The second-order valence-corrected chi connectivity index (χ2v) is 40.1. The quantitative estimate of drug-likeness (QED) is 0.136. The molecule has 0 aliphatic heterocycles. The summed E-state index contributed by atoms with van der Waals surface area (Å²) < 4.78 is 23.2. The largest absolute Gasteiger partial charge is 0.456 e. The van der Waals surface area contributed by atoms with Crippen molar-refractivity contribution in [3.05, 3.63) is 479 Å². The standard InChI is InChI=1S/2C46H28N4S.C39H27NO/c1-4-12-39-36(10-1)45-41(14-7-23-47-45)49(39)33-25-32(26-34(28-33)50-40-13-5-2-11-37(40)46-42(50)15-8-24-48-46)30-19-17-29(18-20-30)31-21-22-44-38(27-31)35-9-3-6-16-43(35)51-44;1-4-10-41-35(7-1)37-19-21-47-27-43(37)49(41)33-23-32(24-34(26-33)50-42-11-5-2-8-36(42)38-20-22-48-28-44(38)50)30-15-13-29(14-16-30)31-17-18-46-40(25-31)39-9-3-6-12-45(39)51-46;1-39(2)33-18-15-24(25-16-20-38-32(22-25)29-11-5-8-14-37(29)41-38)21-30(33)31-23-26(17-19-34(31)39)40-35-12-6-3-9-27(35)28-10-4-7-13-36(28)40/h2*1-28H;3-23H,1-2H3. The zero-order valence-electron chi connectivity index (χ0n) is 77.7. The van der Waals surface area contributed by atoms with Gasteiger partial charge in [-0.2, -0.15) is 0 Å². The molecule has 0 bridgehead atoms. The smallest absolute Gasteiger partial charge is 0.135 e. The summed E-state index contributed by atoms with van der Waals surface area (Å²) in [5.41, 5.74) is 37.9. The van der Waals surface area contributed by atoms with Gasteiger partial charge >= 0.3 is 0 Å². The van der Waals surface area contributed by atoms with E-state index in [0.29, 0.717) is 0 Å². The first-order valence-electron chi connectivity index (χ1n) is 48.6. The Kier molecular flexibility index (Phi) is 18.6. The van der Waals surface area contributed by atoms with E-state index in [1.807, 2.05) is 84.1 Å². The molecule has 0 spiro atoms. The van der Waals surface area contributed by atoms with Crippen LogP contribution in [0.1, 0.15) is 25.0 Å². The number of furan rings is 1. The zero-order valence-corrected chi connectivity index (χ0v) is 79.3. The first kappa shape index (κ1) is 81.9. The van der Waals surface area contributed by atoms with Gasteiger partial charge in [-0.1, -0.05) is 263 Å². The first-order valence-corrected chi connectivity index (χ1v) is 50.2. The van der Waals surface area contributed by atoms with Crippen molar-refractivity contribution in [2.45, 2.75) is 19.3 Å². The molecule has 143 heavy (non-hydrogen) atoms. The zero-order chi connectivity index (χ0) is 94.2. The maximum Gasteiger partial charge on any atom is 0.135 e. The lowest BCUT2D eigenvalue weighted by atomic mass is 9.82. The van der Waals surface area contributed by atoms with Gasteiger partial charge in [-0.3, -0.25) is 19.9 Å². The van der Waals surface area contributed by atoms with E-state index in [4.69, 9.17) is 14.4 Å². The number of pyridine rings is 4.